The van der Waals surface area contributed by atoms with Gasteiger partial charge >= 0.3 is 24.1 Å². The molecule has 2 rings (SSSR count). The van der Waals surface area contributed by atoms with Crippen LogP contribution in [0, 0.1) is 0 Å². The highest BCUT2D eigenvalue weighted by Crippen LogP contribution is 2.08. The molecule has 0 bridgehead atoms. The summed E-state index contributed by atoms with van der Waals surface area (Å²) in [5.41, 5.74) is 1.49. The zero-order valence-electron chi connectivity index (χ0n) is 17.8. The summed E-state index contributed by atoms with van der Waals surface area (Å²) in [5.74, 6) is -2.57. The van der Waals surface area contributed by atoms with Gasteiger partial charge in [-0.1, -0.05) is 60.7 Å². The third-order valence-corrected chi connectivity index (χ3v) is 4.59. The van der Waals surface area contributed by atoms with Crippen LogP contribution in [0.3, 0.4) is 0 Å². The van der Waals surface area contributed by atoms with Gasteiger partial charge < -0.3 is 30.3 Å². The minimum Gasteiger partial charge on any atom is -0.480 e. The third kappa shape index (κ3) is 9.72. The van der Waals surface area contributed by atoms with Crippen LogP contribution in [-0.4, -0.2) is 46.4 Å². The Bertz CT molecular complexity index is 845. The van der Waals surface area contributed by atoms with E-state index in [0.717, 1.165) is 11.1 Å². The molecule has 2 atom stereocenters. The zero-order chi connectivity index (χ0) is 24.1. The van der Waals surface area contributed by atoms with Crippen molar-refractivity contribution in [3.8, 4) is 0 Å². The first kappa shape index (κ1) is 25.2. The topological polar surface area (TPSA) is 151 Å². The Hall–Kier alpha value is -4.08. The normalized spacial score (nSPS) is 12.1. The van der Waals surface area contributed by atoms with E-state index in [1.165, 1.54) is 0 Å². The van der Waals surface area contributed by atoms with Crippen LogP contribution in [0.2, 0.25) is 0 Å². The van der Waals surface area contributed by atoms with Crippen LogP contribution in [0.1, 0.15) is 30.4 Å². The van der Waals surface area contributed by atoms with Crippen molar-refractivity contribution < 1.29 is 38.9 Å². The molecular weight excluding hydrogens is 432 g/mol. The molecule has 0 saturated heterocycles. The van der Waals surface area contributed by atoms with Crippen LogP contribution in [0.4, 0.5) is 9.59 Å². The van der Waals surface area contributed by atoms with Gasteiger partial charge in [-0.25, -0.2) is 19.2 Å². The largest absolute Gasteiger partial charge is 0.480 e. The lowest BCUT2D eigenvalue weighted by atomic mass is 10.1. The fraction of sp³-hybridized carbons (Fsp3) is 0.304. The van der Waals surface area contributed by atoms with Crippen LogP contribution in [0.25, 0.3) is 0 Å². The molecule has 0 radical (unpaired) electrons. The van der Waals surface area contributed by atoms with E-state index < -0.39 is 36.2 Å². The number of hydrogen-bond acceptors (Lipinski definition) is 6. The maximum absolute atomic E-state index is 11.9. The first-order valence-electron chi connectivity index (χ1n) is 10.2. The third-order valence-electron chi connectivity index (χ3n) is 4.59. The molecule has 2 aromatic rings. The molecule has 0 aromatic heterocycles. The second kappa shape index (κ2) is 13.4. The summed E-state index contributed by atoms with van der Waals surface area (Å²) in [4.78, 5) is 46.7. The second-order valence-electron chi connectivity index (χ2n) is 7.12. The van der Waals surface area contributed by atoms with Crippen LogP contribution in [-0.2, 0) is 32.3 Å². The predicted molar refractivity (Wildman–Crippen MR) is 116 cm³/mol. The molecule has 33 heavy (non-hydrogen) atoms. The highest BCUT2D eigenvalue weighted by Gasteiger charge is 2.24. The van der Waals surface area contributed by atoms with E-state index in [0.29, 0.717) is 0 Å². The number of hydrogen-bond donors (Lipinski definition) is 4. The van der Waals surface area contributed by atoms with Gasteiger partial charge in [0.1, 0.15) is 25.3 Å². The first-order chi connectivity index (χ1) is 15.8. The van der Waals surface area contributed by atoms with Gasteiger partial charge in [0.15, 0.2) is 0 Å². The molecule has 10 nitrogen and oxygen atoms in total. The van der Waals surface area contributed by atoms with E-state index in [-0.39, 0.29) is 32.5 Å². The van der Waals surface area contributed by atoms with Crippen molar-refractivity contribution in [1.29, 1.82) is 0 Å². The number of carbonyl (C=O) groups is 4. The minimum absolute atomic E-state index is 0.0187. The zero-order valence-corrected chi connectivity index (χ0v) is 17.8. The van der Waals surface area contributed by atoms with Crippen molar-refractivity contribution in [3.63, 3.8) is 0 Å². The quantitative estimate of drug-likeness (QED) is 0.379. The Kier molecular flexibility index (Phi) is 10.2. The molecule has 0 saturated carbocycles. The predicted octanol–water partition coefficient (Wildman–Crippen LogP) is 2.92. The molecule has 0 fully saturated rings. The SMILES string of the molecule is O=C(N[C@@H](CCC[C@H](NC(=O)OCc1ccccc1)C(=O)O)C(=O)O)OCc1ccccc1. The lowest BCUT2D eigenvalue weighted by Gasteiger charge is -2.17. The van der Waals surface area contributed by atoms with Crippen LogP contribution in [0.15, 0.2) is 60.7 Å². The van der Waals surface area contributed by atoms with E-state index in [2.05, 4.69) is 10.6 Å². The van der Waals surface area contributed by atoms with Gasteiger partial charge in [0.05, 0.1) is 0 Å². The number of alkyl carbamates (subject to hydrolysis) is 2. The summed E-state index contributed by atoms with van der Waals surface area (Å²) in [7, 11) is 0. The monoisotopic (exact) mass is 458 g/mol. The Morgan fingerprint density at radius 1 is 0.667 bits per heavy atom. The molecule has 10 heteroatoms. The molecular formula is C23H26N2O8. The number of amides is 2. The van der Waals surface area contributed by atoms with Gasteiger partial charge in [-0.2, -0.15) is 0 Å². The van der Waals surface area contributed by atoms with E-state index in [1.807, 2.05) is 12.1 Å². The number of carboxylic acids is 2. The number of carboxylic acid groups (broad SMARTS) is 2. The van der Waals surface area contributed by atoms with E-state index >= 15 is 0 Å². The molecule has 4 N–H and O–H groups in total. The molecule has 2 amide bonds. The highest BCUT2D eigenvalue weighted by molar-refractivity contribution is 5.80. The number of benzene rings is 2. The van der Waals surface area contributed by atoms with Crippen molar-refractivity contribution in [2.75, 3.05) is 0 Å². The molecule has 0 aliphatic rings. The molecule has 0 spiro atoms. The van der Waals surface area contributed by atoms with Gasteiger partial charge in [-0.3, -0.25) is 0 Å². The molecule has 0 aliphatic heterocycles. The van der Waals surface area contributed by atoms with Crippen molar-refractivity contribution in [2.45, 2.75) is 44.6 Å². The van der Waals surface area contributed by atoms with Crippen molar-refractivity contribution in [3.05, 3.63) is 71.8 Å². The summed E-state index contributed by atoms with van der Waals surface area (Å²) in [6, 6.07) is 15.2. The van der Waals surface area contributed by atoms with Crippen LogP contribution in [0.5, 0.6) is 0 Å². The average Bonchev–Trinajstić information content (AvgIpc) is 2.81. The van der Waals surface area contributed by atoms with Crippen LogP contribution >= 0.6 is 0 Å². The average molecular weight is 458 g/mol. The first-order valence-corrected chi connectivity index (χ1v) is 10.2. The number of carbonyl (C=O) groups excluding carboxylic acids is 2. The summed E-state index contributed by atoms with van der Waals surface area (Å²) in [5, 5.41) is 23.2. The molecule has 0 aliphatic carbocycles. The van der Waals surface area contributed by atoms with E-state index in [9.17, 15) is 29.4 Å². The van der Waals surface area contributed by atoms with Gasteiger partial charge in [0.2, 0.25) is 0 Å². The Morgan fingerprint density at radius 2 is 1.03 bits per heavy atom. The molecule has 2 aromatic carbocycles. The summed E-state index contributed by atoms with van der Waals surface area (Å²) in [6.45, 7) is -0.0375. The number of rotatable bonds is 12. The van der Waals surface area contributed by atoms with Crippen molar-refractivity contribution >= 4 is 24.1 Å². The van der Waals surface area contributed by atoms with Gasteiger partial charge in [0, 0.05) is 0 Å². The lowest BCUT2D eigenvalue weighted by Crippen LogP contribution is -2.43. The van der Waals surface area contributed by atoms with E-state index in [1.54, 1.807) is 48.5 Å². The second-order valence-corrected chi connectivity index (χ2v) is 7.12. The number of aliphatic carboxylic acids is 2. The maximum Gasteiger partial charge on any atom is 0.408 e. The Balaban J connectivity index is 1.76. The summed E-state index contributed by atoms with van der Waals surface area (Å²) in [6.07, 6.45) is -1.81. The lowest BCUT2D eigenvalue weighted by molar-refractivity contribution is -0.139. The Morgan fingerprint density at radius 3 is 1.36 bits per heavy atom. The minimum atomic E-state index is -1.28. The van der Waals surface area contributed by atoms with Crippen LogP contribution < -0.4 is 10.6 Å². The molecule has 0 unspecified atom stereocenters. The van der Waals surface area contributed by atoms with Gasteiger partial charge in [-0.05, 0) is 30.4 Å². The smallest absolute Gasteiger partial charge is 0.408 e. The Labute approximate surface area is 190 Å². The van der Waals surface area contributed by atoms with Crippen molar-refractivity contribution in [1.82, 2.24) is 10.6 Å². The highest BCUT2D eigenvalue weighted by atomic mass is 16.6. The van der Waals surface area contributed by atoms with E-state index in [4.69, 9.17) is 9.47 Å². The van der Waals surface area contributed by atoms with Crippen molar-refractivity contribution in [2.24, 2.45) is 0 Å². The maximum atomic E-state index is 11.9. The van der Waals surface area contributed by atoms with Gasteiger partial charge in [0.25, 0.3) is 0 Å². The number of nitrogens with one attached hydrogen (secondary N) is 2. The van der Waals surface area contributed by atoms with Gasteiger partial charge in [-0.15, -0.1) is 0 Å². The summed E-state index contributed by atoms with van der Waals surface area (Å²) < 4.78 is 10.0. The fourth-order valence-corrected chi connectivity index (χ4v) is 2.85. The molecule has 176 valence electrons. The fourth-order valence-electron chi connectivity index (χ4n) is 2.85. The number of ether oxygens (including phenoxy) is 2. The standard InChI is InChI=1S/C23H26N2O8/c26-20(27)18(24-22(30)32-14-16-8-3-1-4-9-16)12-7-13-19(21(28)29)25-23(31)33-15-17-10-5-2-6-11-17/h1-6,8-11,18-19H,7,12-15H2,(H,24,30)(H,25,31)(H,26,27)(H,28,29)/t18-,19-/m0/s1. The summed E-state index contributed by atoms with van der Waals surface area (Å²) >= 11 is 0. The molecule has 0 heterocycles.